The van der Waals surface area contributed by atoms with Gasteiger partial charge in [-0.2, -0.15) is 0 Å². The molecule has 0 bridgehead atoms. The molecule has 0 aromatic heterocycles. The van der Waals surface area contributed by atoms with Crippen LogP contribution in [0.25, 0.3) is 0 Å². The lowest BCUT2D eigenvalue weighted by atomic mass is 9.96. The molecule has 0 atom stereocenters. The molecule has 14 heavy (non-hydrogen) atoms. The second-order valence-corrected chi connectivity index (χ2v) is 3.80. The molecular weight excluding hydrogens is 174 g/mol. The van der Waals surface area contributed by atoms with Crippen molar-refractivity contribution in [3.05, 3.63) is 0 Å². The molecule has 3 heteroatoms. The Hall–Kier alpha value is -0.990. The third-order valence-corrected chi connectivity index (χ3v) is 2.63. The number of rotatable bonds is 5. The molecule has 1 saturated carbocycles. The van der Waals surface area contributed by atoms with Crippen LogP contribution in [0.3, 0.4) is 0 Å². The lowest BCUT2D eigenvalue weighted by Gasteiger charge is -2.18. The summed E-state index contributed by atoms with van der Waals surface area (Å²) < 4.78 is 0. The Bertz CT molecular complexity index is 215. The van der Waals surface area contributed by atoms with Gasteiger partial charge in [-0.05, 0) is 31.9 Å². The molecule has 0 aromatic rings. The number of nitrogens with one attached hydrogen (secondary N) is 2. The van der Waals surface area contributed by atoms with Crippen molar-refractivity contribution in [3.63, 3.8) is 0 Å². The summed E-state index contributed by atoms with van der Waals surface area (Å²) in [6.07, 6.45) is 10.5. The lowest BCUT2D eigenvalue weighted by Crippen LogP contribution is -2.13. The van der Waals surface area contributed by atoms with Crippen LogP contribution in [0.4, 0.5) is 0 Å². The molecule has 1 aliphatic carbocycles. The van der Waals surface area contributed by atoms with Crippen LogP contribution in [0.2, 0.25) is 0 Å². The number of aliphatic imine (C=N–C) groups is 1. The predicted octanol–water partition coefficient (Wildman–Crippen LogP) is 2.84. The van der Waals surface area contributed by atoms with Crippen LogP contribution in [0, 0.1) is 10.8 Å². The van der Waals surface area contributed by atoms with Crippen molar-refractivity contribution >= 4 is 18.1 Å². The molecule has 0 saturated heterocycles. The Kier molecular flexibility index (Phi) is 5.12. The van der Waals surface area contributed by atoms with Gasteiger partial charge in [-0.15, -0.1) is 0 Å². The third-order valence-electron chi connectivity index (χ3n) is 2.63. The van der Waals surface area contributed by atoms with Gasteiger partial charge in [-0.3, -0.25) is 4.99 Å². The first-order valence-corrected chi connectivity index (χ1v) is 5.43. The molecular formula is C11H19N3. The van der Waals surface area contributed by atoms with Gasteiger partial charge in [0.15, 0.2) is 0 Å². The summed E-state index contributed by atoms with van der Waals surface area (Å²) in [5, 5.41) is 14.2. The molecule has 3 nitrogen and oxygen atoms in total. The maximum atomic E-state index is 7.23. The van der Waals surface area contributed by atoms with Gasteiger partial charge in [0, 0.05) is 6.21 Å². The Morgan fingerprint density at radius 1 is 1.21 bits per heavy atom. The van der Waals surface area contributed by atoms with Crippen LogP contribution in [0.1, 0.15) is 44.9 Å². The summed E-state index contributed by atoms with van der Waals surface area (Å²) in [7, 11) is 0. The maximum absolute atomic E-state index is 7.23. The second kappa shape index (κ2) is 6.46. The molecule has 0 amide bonds. The number of hydrogen-bond acceptors (Lipinski definition) is 3. The van der Waals surface area contributed by atoms with E-state index in [-0.39, 0.29) is 0 Å². The van der Waals surface area contributed by atoms with E-state index >= 15 is 0 Å². The zero-order valence-electron chi connectivity index (χ0n) is 8.63. The van der Waals surface area contributed by atoms with E-state index < -0.39 is 0 Å². The van der Waals surface area contributed by atoms with E-state index in [1.165, 1.54) is 44.5 Å². The van der Waals surface area contributed by atoms with Gasteiger partial charge < -0.3 is 10.8 Å². The molecule has 1 rings (SSSR count). The summed E-state index contributed by atoms with van der Waals surface area (Å²) in [4.78, 5) is 4.56. The first kappa shape index (κ1) is 11.1. The minimum atomic E-state index is 0.450. The number of nitrogens with zero attached hydrogens (tertiary/aromatic N) is 1. The molecule has 0 aliphatic heterocycles. The molecule has 1 aliphatic rings. The Morgan fingerprint density at radius 3 is 2.50 bits per heavy atom. The maximum Gasteiger partial charge on any atom is 0.0530 e. The highest BCUT2D eigenvalue weighted by molar-refractivity contribution is 6.29. The second-order valence-electron chi connectivity index (χ2n) is 3.80. The molecule has 1 fully saturated rings. The van der Waals surface area contributed by atoms with Crippen molar-refractivity contribution in [2.75, 3.05) is 0 Å². The molecule has 0 aromatic carbocycles. The average Bonchev–Trinajstić information content (AvgIpc) is 2.25. The SMILES string of the molecule is N=CCCC(C=N)=NC1CCCCC1. The highest BCUT2D eigenvalue weighted by Crippen LogP contribution is 2.20. The molecule has 0 heterocycles. The predicted molar refractivity (Wildman–Crippen MR) is 61.1 cm³/mol. The summed E-state index contributed by atoms with van der Waals surface area (Å²) >= 11 is 0. The fourth-order valence-electron chi connectivity index (χ4n) is 1.84. The van der Waals surface area contributed by atoms with Crippen molar-refractivity contribution in [1.29, 1.82) is 10.8 Å². The van der Waals surface area contributed by atoms with E-state index in [1.807, 2.05) is 0 Å². The minimum Gasteiger partial charge on any atom is -0.313 e. The minimum absolute atomic E-state index is 0.450. The largest absolute Gasteiger partial charge is 0.313 e. The van der Waals surface area contributed by atoms with Gasteiger partial charge in [0.2, 0.25) is 0 Å². The zero-order valence-corrected chi connectivity index (χ0v) is 8.63. The first-order chi connectivity index (χ1) is 6.86. The summed E-state index contributed by atoms with van der Waals surface area (Å²) in [6.45, 7) is 0. The normalized spacial score (nSPS) is 19.3. The molecule has 0 radical (unpaired) electrons. The molecule has 2 N–H and O–H groups in total. The van der Waals surface area contributed by atoms with Crippen LogP contribution >= 0.6 is 0 Å². The van der Waals surface area contributed by atoms with Crippen LogP contribution in [0.15, 0.2) is 4.99 Å². The Balaban J connectivity index is 2.43. The standard InChI is InChI=1S/C11H19N3/c12-8-4-7-11(9-13)14-10-5-2-1-3-6-10/h8-10,12-13H,1-7H2. The van der Waals surface area contributed by atoms with Crippen LogP contribution in [-0.4, -0.2) is 24.2 Å². The third kappa shape index (κ3) is 3.81. The van der Waals surface area contributed by atoms with Crippen molar-refractivity contribution in [3.8, 4) is 0 Å². The molecule has 0 unspecified atom stereocenters. The van der Waals surface area contributed by atoms with Crippen molar-refractivity contribution in [2.24, 2.45) is 4.99 Å². The van der Waals surface area contributed by atoms with Gasteiger partial charge in [0.05, 0.1) is 11.8 Å². The molecule has 0 spiro atoms. The van der Waals surface area contributed by atoms with Crippen LogP contribution in [0.5, 0.6) is 0 Å². The zero-order chi connectivity index (χ0) is 10.2. The van der Waals surface area contributed by atoms with Crippen molar-refractivity contribution in [1.82, 2.24) is 0 Å². The van der Waals surface area contributed by atoms with Gasteiger partial charge in [-0.25, -0.2) is 0 Å². The Labute approximate surface area is 85.6 Å². The highest BCUT2D eigenvalue weighted by atomic mass is 14.8. The quantitative estimate of drug-likeness (QED) is 0.631. The number of hydrogen-bond donors (Lipinski definition) is 2. The van der Waals surface area contributed by atoms with E-state index in [4.69, 9.17) is 10.8 Å². The smallest absolute Gasteiger partial charge is 0.0530 e. The average molecular weight is 193 g/mol. The van der Waals surface area contributed by atoms with Gasteiger partial charge in [-0.1, -0.05) is 19.3 Å². The van der Waals surface area contributed by atoms with E-state index in [9.17, 15) is 0 Å². The van der Waals surface area contributed by atoms with E-state index in [0.717, 1.165) is 12.1 Å². The monoisotopic (exact) mass is 193 g/mol. The van der Waals surface area contributed by atoms with Crippen molar-refractivity contribution in [2.45, 2.75) is 51.0 Å². The van der Waals surface area contributed by atoms with Gasteiger partial charge in [0.25, 0.3) is 0 Å². The molecule has 78 valence electrons. The fourth-order valence-corrected chi connectivity index (χ4v) is 1.84. The summed E-state index contributed by atoms with van der Waals surface area (Å²) in [6, 6.07) is 0.450. The van der Waals surface area contributed by atoms with Crippen molar-refractivity contribution < 1.29 is 0 Å². The summed E-state index contributed by atoms with van der Waals surface area (Å²) in [5.74, 6) is 0. The lowest BCUT2D eigenvalue weighted by molar-refractivity contribution is 0.443. The van der Waals surface area contributed by atoms with Crippen LogP contribution in [-0.2, 0) is 0 Å². The van der Waals surface area contributed by atoms with Crippen LogP contribution < -0.4 is 0 Å². The van der Waals surface area contributed by atoms with E-state index in [0.29, 0.717) is 12.5 Å². The van der Waals surface area contributed by atoms with E-state index in [2.05, 4.69) is 4.99 Å². The topological polar surface area (TPSA) is 60.1 Å². The van der Waals surface area contributed by atoms with E-state index in [1.54, 1.807) is 0 Å². The fraction of sp³-hybridized carbons (Fsp3) is 0.727. The Morgan fingerprint density at radius 2 is 1.93 bits per heavy atom. The van der Waals surface area contributed by atoms with Gasteiger partial charge in [0.1, 0.15) is 0 Å². The first-order valence-electron chi connectivity index (χ1n) is 5.43. The highest BCUT2D eigenvalue weighted by Gasteiger charge is 2.12. The summed E-state index contributed by atoms with van der Waals surface area (Å²) in [5.41, 5.74) is 0.861. The van der Waals surface area contributed by atoms with Gasteiger partial charge >= 0.3 is 0 Å².